The smallest absolute Gasteiger partial charge is 0.0714 e. The van der Waals surface area contributed by atoms with E-state index in [0.29, 0.717) is 5.92 Å². The maximum atomic E-state index is 2.53. The molecule has 0 aromatic heterocycles. The first-order chi connectivity index (χ1) is 41.2. The van der Waals surface area contributed by atoms with Crippen LogP contribution in [-0.4, -0.2) is 0 Å². The summed E-state index contributed by atoms with van der Waals surface area (Å²) in [4.78, 5) is 5.00. The second-order valence-corrected chi connectivity index (χ2v) is 22.6. The number of hydrogen-bond donors (Lipinski definition) is 0. The van der Waals surface area contributed by atoms with Crippen LogP contribution in [0.4, 0.5) is 34.1 Å². The van der Waals surface area contributed by atoms with E-state index in [1.165, 1.54) is 120 Å². The fraction of sp³-hybridized carbons (Fsp3) is 0.0864. The summed E-state index contributed by atoms with van der Waals surface area (Å²) in [5.74, 6) is 0.602. The van der Waals surface area contributed by atoms with E-state index in [1.807, 2.05) is 0 Å². The zero-order chi connectivity index (χ0) is 55.1. The van der Waals surface area contributed by atoms with Gasteiger partial charge in [0.25, 0.3) is 0 Å². The molecule has 1 fully saturated rings. The van der Waals surface area contributed by atoms with Gasteiger partial charge in [-0.05, 0) is 179 Å². The zero-order valence-corrected chi connectivity index (χ0v) is 46.5. The highest BCUT2D eigenvalue weighted by Gasteiger charge is 2.47. The molecule has 13 aromatic rings. The van der Waals surface area contributed by atoms with E-state index in [9.17, 15) is 0 Å². The van der Waals surface area contributed by atoms with Gasteiger partial charge in [-0.25, -0.2) is 0 Å². The van der Waals surface area contributed by atoms with Crippen molar-refractivity contribution >= 4 is 55.7 Å². The maximum Gasteiger partial charge on any atom is 0.0714 e. The SMILES string of the molecule is c1ccc(-c2cccc3c2-c2ccc(N(c4cc(-c5ccc6ccccc6c5-c5ccccc5)cc(N(c5ccccc5)c5ccc(C6CCCCC6)cc5)c4)c4ccc5ccccc5c4)cc2C3(c2ccccc2)c2ccccc2)cc1. The Bertz CT molecular complexity index is 4410. The van der Waals surface area contributed by atoms with Crippen LogP contribution in [0.25, 0.3) is 66.1 Å². The van der Waals surface area contributed by atoms with Gasteiger partial charge in [-0.2, -0.15) is 0 Å². The van der Waals surface area contributed by atoms with Crippen molar-refractivity contribution in [1.82, 2.24) is 0 Å². The highest BCUT2D eigenvalue weighted by molar-refractivity contribution is 6.05. The minimum atomic E-state index is -0.653. The highest BCUT2D eigenvalue weighted by atomic mass is 15.2. The summed E-state index contributed by atoms with van der Waals surface area (Å²) in [7, 11) is 0. The van der Waals surface area contributed by atoms with Crippen molar-refractivity contribution in [3.05, 3.63) is 337 Å². The number of nitrogens with zero attached hydrogens (tertiary/aromatic N) is 2. The summed E-state index contributed by atoms with van der Waals surface area (Å²) in [5.41, 5.74) is 21.9. The van der Waals surface area contributed by atoms with Gasteiger partial charge in [-0.3, -0.25) is 0 Å². The molecule has 0 N–H and O–H groups in total. The van der Waals surface area contributed by atoms with E-state index in [1.54, 1.807) is 0 Å². The Morgan fingerprint density at radius 2 is 0.783 bits per heavy atom. The Kier molecular flexibility index (Phi) is 12.9. The van der Waals surface area contributed by atoms with Crippen molar-refractivity contribution in [2.45, 2.75) is 43.4 Å². The molecular formula is C81H62N2. The van der Waals surface area contributed by atoms with Gasteiger partial charge in [0.05, 0.1) is 5.41 Å². The second-order valence-electron chi connectivity index (χ2n) is 22.6. The first kappa shape index (κ1) is 50.0. The summed E-state index contributed by atoms with van der Waals surface area (Å²) in [6, 6.07) is 116. The summed E-state index contributed by atoms with van der Waals surface area (Å²) in [6.07, 6.45) is 6.46. The van der Waals surface area contributed by atoms with Crippen LogP contribution in [0.3, 0.4) is 0 Å². The molecule has 0 saturated heterocycles. The molecule has 0 aliphatic heterocycles. The lowest BCUT2D eigenvalue weighted by Gasteiger charge is -2.35. The van der Waals surface area contributed by atoms with Crippen LogP contribution in [0.1, 0.15) is 65.8 Å². The first-order valence-corrected chi connectivity index (χ1v) is 29.6. The molecule has 1 saturated carbocycles. The lowest BCUT2D eigenvalue weighted by Crippen LogP contribution is -2.28. The Morgan fingerprint density at radius 1 is 0.277 bits per heavy atom. The van der Waals surface area contributed by atoms with Gasteiger partial charge in [0.1, 0.15) is 0 Å². The van der Waals surface area contributed by atoms with Gasteiger partial charge in [-0.1, -0.05) is 262 Å². The third kappa shape index (κ3) is 8.90. The Hall–Kier alpha value is -10.0. The molecule has 2 aliphatic rings. The largest absolute Gasteiger partial charge is 0.310 e. The molecule has 0 spiro atoms. The molecule has 0 bridgehead atoms. The van der Waals surface area contributed by atoms with Crippen molar-refractivity contribution in [1.29, 1.82) is 0 Å². The maximum absolute atomic E-state index is 2.53. The molecule has 0 atom stereocenters. The molecule has 396 valence electrons. The number of para-hydroxylation sites is 1. The third-order valence-electron chi connectivity index (χ3n) is 17.9. The monoisotopic (exact) mass is 1060 g/mol. The average molecular weight is 1060 g/mol. The number of rotatable bonds is 12. The van der Waals surface area contributed by atoms with Crippen LogP contribution in [0.2, 0.25) is 0 Å². The molecule has 0 amide bonds. The predicted octanol–water partition coefficient (Wildman–Crippen LogP) is 22.3. The van der Waals surface area contributed by atoms with Crippen molar-refractivity contribution in [2.75, 3.05) is 9.80 Å². The van der Waals surface area contributed by atoms with E-state index in [0.717, 1.165) is 39.7 Å². The number of anilines is 6. The molecule has 0 heterocycles. The van der Waals surface area contributed by atoms with Crippen molar-refractivity contribution < 1.29 is 0 Å². The average Bonchev–Trinajstić information content (AvgIpc) is 3.32. The fourth-order valence-electron chi connectivity index (χ4n) is 14.1. The Balaban J connectivity index is 1.03. The third-order valence-corrected chi connectivity index (χ3v) is 17.9. The topological polar surface area (TPSA) is 6.48 Å². The molecule has 2 aliphatic carbocycles. The number of hydrogen-bond acceptors (Lipinski definition) is 2. The second kappa shape index (κ2) is 21.5. The molecular weight excluding hydrogens is 1000 g/mol. The van der Waals surface area contributed by atoms with Crippen LogP contribution < -0.4 is 9.80 Å². The Morgan fingerprint density at radius 3 is 1.47 bits per heavy atom. The van der Waals surface area contributed by atoms with Gasteiger partial charge in [0.2, 0.25) is 0 Å². The van der Waals surface area contributed by atoms with Crippen molar-refractivity contribution in [3.8, 4) is 44.5 Å². The van der Waals surface area contributed by atoms with E-state index < -0.39 is 5.41 Å². The summed E-state index contributed by atoms with van der Waals surface area (Å²) in [5, 5.41) is 4.81. The molecule has 13 aromatic carbocycles. The lowest BCUT2D eigenvalue weighted by atomic mass is 9.67. The van der Waals surface area contributed by atoms with E-state index in [4.69, 9.17) is 0 Å². The molecule has 2 nitrogen and oxygen atoms in total. The summed E-state index contributed by atoms with van der Waals surface area (Å²) in [6.45, 7) is 0. The number of fused-ring (bicyclic) bond motifs is 5. The van der Waals surface area contributed by atoms with Crippen LogP contribution in [0.15, 0.2) is 309 Å². The van der Waals surface area contributed by atoms with E-state index >= 15 is 0 Å². The zero-order valence-electron chi connectivity index (χ0n) is 46.5. The van der Waals surface area contributed by atoms with Gasteiger partial charge >= 0.3 is 0 Å². The molecule has 15 rings (SSSR count). The minimum absolute atomic E-state index is 0.602. The molecule has 2 heteroatoms. The van der Waals surface area contributed by atoms with Crippen LogP contribution in [0.5, 0.6) is 0 Å². The van der Waals surface area contributed by atoms with Crippen LogP contribution in [-0.2, 0) is 5.41 Å². The van der Waals surface area contributed by atoms with Crippen molar-refractivity contribution in [2.24, 2.45) is 0 Å². The summed E-state index contributed by atoms with van der Waals surface area (Å²) >= 11 is 0. The fourth-order valence-corrected chi connectivity index (χ4v) is 14.1. The Labute approximate surface area is 487 Å². The van der Waals surface area contributed by atoms with Crippen LogP contribution >= 0.6 is 0 Å². The highest BCUT2D eigenvalue weighted by Crippen LogP contribution is 2.60. The normalized spacial score (nSPS) is 13.6. The lowest BCUT2D eigenvalue weighted by molar-refractivity contribution is 0.443. The summed E-state index contributed by atoms with van der Waals surface area (Å²) < 4.78 is 0. The van der Waals surface area contributed by atoms with Crippen LogP contribution in [0, 0.1) is 0 Å². The predicted molar refractivity (Wildman–Crippen MR) is 350 cm³/mol. The van der Waals surface area contributed by atoms with Gasteiger partial charge < -0.3 is 9.80 Å². The first-order valence-electron chi connectivity index (χ1n) is 29.6. The van der Waals surface area contributed by atoms with Gasteiger partial charge in [0.15, 0.2) is 0 Å². The quantitative estimate of drug-likeness (QED) is 0.120. The number of benzene rings is 13. The minimum Gasteiger partial charge on any atom is -0.310 e. The standard InChI is InChI=1S/C81H62N2/c1-7-24-57(25-8-1)59-42-46-68(47-43-59)82(67-37-17-6-18-38-67)71-53-64(75-50-45-61-29-21-22-39-73(61)79(75)62-30-11-3-12-31-62)54-72(55-71)83(69-48-44-58-26-19-20-32-63(58)52-69)70-49-51-76-78(56-70)81(65-33-13-4-14-34-65,66-35-15-5-16-36-66)77-41-23-40-74(80(76)77)60-27-9-2-10-28-60/h2-6,9-23,26-57H,1,7-8,24-25H2. The molecule has 0 unspecified atom stereocenters. The van der Waals surface area contributed by atoms with Gasteiger partial charge in [-0.15, -0.1) is 0 Å². The molecule has 83 heavy (non-hydrogen) atoms. The molecule has 0 radical (unpaired) electrons. The van der Waals surface area contributed by atoms with Crippen molar-refractivity contribution in [3.63, 3.8) is 0 Å². The van der Waals surface area contributed by atoms with Gasteiger partial charge in [0, 0.05) is 34.1 Å². The van der Waals surface area contributed by atoms with E-state index in [-0.39, 0.29) is 0 Å². The van der Waals surface area contributed by atoms with E-state index in [2.05, 4.69) is 319 Å².